The predicted molar refractivity (Wildman–Crippen MR) is 87.2 cm³/mol. The van der Waals surface area contributed by atoms with Crippen molar-refractivity contribution in [2.75, 3.05) is 17.2 Å². The van der Waals surface area contributed by atoms with Crippen LogP contribution in [0.1, 0.15) is 41.9 Å². The molecule has 114 valence electrons. The van der Waals surface area contributed by atoms with Crippen LogP contribution in [0.3, 0.4) is 0 Å². The summed E-state index contributed by atoms with van der Waals surface area (Å²) in [5.74, 6) is 0.954. The second-order valence-corrected chi connectivity index (χ2v) is 6.30. The Morgan fingerprint density at radius 3 is 2.48 bits per heavy atom. The molecule has 0 fully saturated rings. The maximum Gasteiger partial charge on any atom is 0.229 e. The molecular weight excluding hydrogens is 308 g/mol. The van der Waals surface area contributed by atoms with E-state index in [1.54, 1.807) is 11.3 Å². The Morgan fingerprint density at radius 2 is 1.86 bits per heavy atom. The molecule has 2 N–H and O–H groups in total. The van der Waals surface area contributed by atoms with Crippen molar-refractivity contribution in [3.8, 4) is 0 Å². The highest BCUT2D eigenvalue weighted by molar-refractivity contribution is 7.11. The zero-order valence-electron chi connectivity index (χ0n) is 12.6. The molecule has 1 atom stereocenters. The zero-order valence-corrected chi connectivity index (χ0v) is 14.1. The third-order valence-corrected chi connectivity index (χ3v) is 4.24. The van der Waals surface area contributed by atoms with Crippen molar-refractivity contribution in [3.05, 3.63) is 20.9 Å². The average Bonchev–Trinajstić information content (AvgIpc) is 2.75. The first-order valence-electron chi connectivity index (χ1n) is 6.85. The smallest absolute Gasteiger partial charge is 0.229 e. The van der Waals surface area contributed by atoms with Gasteiger partial charge in [0.2, 0.25) is 17.2 Å². The Bertz CT molecular complexity index is 615. The van der Waals surface area contributed by atoms with Crippen LogP contribution in [-0.2, 0) is 0 Å². The second kappa shape index (κ2) is 7.00. The number of hydrogen-bond acceptors (Lipinski definition) is 7. The van der Waals surface area contributed by atoms with Crippen molar-refractivity contribution >= 4 is 34.8 Å². The SMILES string of the molecule is CCCNc1nc(Cl)nc(NC(C)c2sc(C)nc2C)n1. The molecule has 0 aliphatic rings. The van der Waals surface area contributed by atoms with Crippen molar-refractivity contribution in [3.63, 3.8) is 0 Å². The van der Waals surface area contributed by atoms with Gasteiger partial charge >= 0.3 is 0 Å². The van der Waals surface area contributed by atoms with Crippen LogP contribution in [0, 0.1) is 13.8 Å². The van der Waals surface area contributed by atoms with E-state index in [1.165, 1.54) is 4.88 Å². The first kappa shape index (κ1) is 15.9. The monoisotopic (exact) mass is 326 g/mol. The fourth-order valence-corrected chi connectivity index (χ4v) is 3.03. The van der Waals surface area contributed by atoms with Gasteiger partial charge in [0.15, 0.2) is 0 Å². The van der Waals surface area contributed by atoms with Crippen LogP contribution < -0.4 is 10.6 Å². The quantitative estimate of drug-likeness (QED) is 0.844. The van der Waals surface area contributed by atoms with Crippen LogP contribution in [0.5, 0.6) is 0 Å². The first-order chi connectivity index (χ1) is 9.99. The molecule has 0 saturated carbocycles. The lowest BCUT2D eigenvalue weighted by molar-refractivity contribution is 0.855. The fraction of sp³-hybridized carbons (Fsp3) is 0.538. The highest BCUT2D eigenvalue weighted by Gasteiger charge is 2.15. The van der Waals surface area contributed by atoms with Gasteiger partial charge in [-0.05, 0) is 38.8 Å². The lowest BCUT2D eigenvalue weighted by atomic mass is 10.2. The van der Waals surface area contributed by atoms with Crippen molar-refractivity contribution in [1.82, 2.24) is 19.9 Å². The van der Waals surface area contributed by atoms with E-state index in [-0.39, 0.29) is 11.3 Å². The van der Waals surface area contributed by atoms with Gasteiger partial charge in [-0.25, -0.2) is 4.98 Å². The van der Waals surface area contributed by atoms with Gasteiger partial charge in [0.05, 0.1) is 16.7 Å². The molecule has 2 aromatic rings. The molecule has 0 saturated heterocycles. The standard InChI is InChI=1S/C13H19ClN6S/c1-5-6-15-12-18-11(14)19-13(20-12)17-8(3)10-7(2)16-9(4)21-10/h8H,5-6H2,1-4H3,(H2,15,17,18,19,20). The van der Waals surface area contributed by atoms with E-state index in [4.69, 9.17) is 11.6 Å². The van der Waals surface area contributed by atoms with Gasteiger partial charge in [-0.2, -0.15) is 15.0 Å². The number of aromatic nitrogens is 4. The molecule has 21 heavy (non-hydrogen) atoms. The molecule has 8 heteroatoms. The van der Waals surface area contributed by atoms with Gasteiger partial charge in [0.1, 0.15) is 0 Å². The fourth-order valence-electron chi connectivity index (χ4n) is 1.94. The van der Waals surface area contributed by atoms with Gasteiger partial charge in [-0.15, -0.1) is 11.3 Å². The van der Waals surface area contributed by atoms with Gasteiger partial charge < -0.3 is 10.6 Å². The van der Waals surface area contributed by atoms with E-state index in [0.29, 0.717) is 11.9 Å². The zero-order chi connectivity index (χ0) is 15.4. The van der Waals surface area contributed by atoms with Crippen molar-refractivity contribution in [1.29, 1.82) is 0 Å². The van der Waals surface area contributed by atoms with E-state index >= 15 is 0 Å². The van der Waals surface area contributed by atoms with Gasteiger partial charge in [0.25, 0.3) is 0 Å². The topological polar surface area (TPSA) is 75.6 Å². The maximum atomic E-state index is 5.94. The number of nitrogens with zero attached hydrogens (tertiary/aromatic N) is 4. The third-order valence-electron chi connectivity index (χ3n) is 2.82. The van der Waals surface area contributed by atoms with Crippen LogP contribution in [0.4, 0.5) is 11.9 Å². The lowest BCUT2D eigenvalue weighted by Crippen LogP contribution is -2.12. The number of rotatable bonds is 6. The number of anilines is 2. The van der Waals surface area contributed by atoms with Gasteiger partial charge in [0, 0.05) is 11.4 Å². The number of nitrogens with one attached hydrogen (secondary N) is 2. The number of halogens is 1. The minimum atomic E-state index is 0.0636. The minimum Gasteiger partial charge on any atom is -0.354 e. The van der Waals surface area contributed by atoms with Crippen LogP contribution >= 0.6 is 22.9 Å². The molecule has 0 aromatic carbocycles. The Hall–Kier alpha value is -1.47. The molecule has 0 aliphatic heterocycles. The lowest BCUT2D eigenvalue weighted by Gasteiger charge is -2.13. The van der Waals surface area contributed by atoms with Crippen LogP contribution in [-0.4, -0.2) is 26.5 Å². The van der Waals surface area contributed by atoms with E-state index in [0.717, 1.165) is 23.7 Å². The summed E-state index contributed by atoms with van der Waals surface area (Å²) in [6.45, 7) is 8.93. The maximum absolute atomic E-state index is 5.94. The van der Waals surface area contributed by atoms with E-state index < -0.39 is 0 Å². The Labute approximate surface area is 133 Å². The van der Waals surface area contributed by atoms with E-state index in [9.17, 15) is 0 Å². The summed E-state index contributed by atoms with van der Waals surface area (Å²) in [5, 5.41) is 7.59. The molecule has 2 heterocycles. The molecule has 2 aromatic heterocycles. The number of aryl methyl sites for hydroxylation is 2. The molecule has 6 nitrogen and oxygen atoms in total. The summed E-state index contributed by atoms with van der Waals surface area (Å²) in [6, 6.07) is 0.0636. The number of hydrogen-bond donors (Lipinski definition) is 2. The van der Waals surface area contributed by atoms with Crippen LogP contribution in [0.2, 0.25) is 5.28 Å². The molecule has 0 bridgehead atoms. The van der Waals surface area contributed by atoms with E-state index in [2.05, 4.69) is 44.4 Å². The third kappa shape index (κ3) is 4.25. The largest absolute Gasteiger partial charge is 0.354 e. The molecular formula is C13H19ClN6S. The summed E-state index contributed by atoms with van der Waals surface area (Å²) >= 11 is 7.61. The van der Waals surface area contributed by atoms with Crippen molar-refractivity contribution < 1.29 is 0 Å². The highest BCUT2D eigenvalue weighted by Crippen LogP contribution is 2.26. The predicted octanol–water partition coefficient (Wildman–Crippen LogP) is 3.59. The summed E-state index contributed by atoms with van der Waals surface area (Å²) in [6.07, 6.45) is 0.988. The minimum absolute atomic E-state index is 0.0636. The normalized spacial score (nSPS) is 12.2. The highest BCUT2D eigenvalue weighted by atomic mass is 35.5. The van der Waals surface area contributed by atoms with Crippen LogP contribution in [0.25, 0.3) is 0 Å². The Morgan fingerprint density at radius 1 is 1.14 bits per heavy atom. The molecule has 0 aliphatic carbocycles. The van der Waals surface area contributed by atoms with Crippen molar-refractivity contribution in [2.24, 2.45) is 0 Å². The average molecular weight is 327 g/mol. The summed E-state index contributed by atoms with van der Waals surface area (Å²) in [5.41, 5.74) is 1.03. The summed E-state index contributed by atoms with van der Waals surface area (Å²) < 4.78 is 0. The molecule has 2 rings (SSSR count). The van der Waals surface area contributed by atoms with Crippen LogP contribution in [0.15, 0.2) is 0 Å². The first-order valence-corrected chi connectivity index (χ1v) is 8.05. The summed E-state index contributed by atoms with van der Waals surface area (Å²) in [4.78, 5) is 18.1. The molecule has 0 spiro atoms. The second-order valence-electron chi connectivity index (χ2n) is 4.73. The molecule has 0 radical (unpaired) electrons. The Kier molecular flexibility index (Phi) is 5.30. The van der Waals surface area contributed by atoms with E-state index in [1.807, 2.05) is 13.8 Å². The summed E-state index contributed by atoms with van der Waals surface area (Å²) in [7, 11) is 0. The van der Waals surface area contributed by atoms with Crippen molar-refractivity contribution in [2.45, 2.75) is 40.2 Å². The molecule has 1 unspecified atom stereocenters. The van der Waals surface area contributed by atoms with Gasteiger partial charge in [-0.3, -0.25) is 0 Å². The Balaban J connectivity index is 2.14. The number of thiazole rings is 1. The molecule has 0 amide bonds. The van der Waals surface area contributed by atoms with Gasteiger partial charge in [-0.1, -0.05) is 6.92 Å².